The normalized spacial score (nSPS) is 24.8. The van der Waals surface area contributed by atoms with Gasteiger partial charge in [-0.2, -0.15) is 9.40 Å². The molecule has 0 amide bonds. The third kappa shape index (κ3) is 2.82. The lowest BCUT2D eigenvalue weighted by Crippen LogP contribution is -2.39. The lowest BCUT2D eigenvalue weighted by molar-refractivity contribution is 0.244. The van der Waals surface area contributed by atoms with E-state index in [4.69, 9.17) is 5.11 Å². The number of hydrogen-bond acceptors (Lipinski definition) is 4. The number of H-pyrrole nitrogens is 1. The second kappa shape index (κ2) is 5.60. The topological polar surface area (TPSA) is 86.3 Å². The summed E-state index contributed by atoms with van der Waals surface area (Å²) >= 11 is 0. The van der Waals surface area contributed by atoms with E-state index in [2.05, 4.69) is 17.1 Å². The minimum absolute atomic E-state index is 0.0103. The van der Waals surface area contributed by atoms with E-state index in [1.807, 2.05) is 0 Å². The first-order valence-electron chi connectivity index (χ1n) is 6.58. The van der Waals surface area contributed by atoms with Crippen molar-refractivity contribution in [3.8, 4) is 0 Å². The average molecular weight is 287 g/mol. The Hall–Kier alpha value is -0.920. The van der Waals surface area contributed by atoms with Gasteiger partial charge >= 0.3 is 0 Å². The molecule has 0 atom stereocenters. The summed E-state index contributed by atoms with van der Waals surface area (Å²) in [4.78, 5) is 0. The van der Waals surface area contributed by atoms with Gasteiger partial charge in [-0.05, 0) is 31.6 Å². The molecule has 0 spiro atoms. The van der Waals surface area contributed by atoms with Gasteiger partial charge < -0.3 is 5.11 Å². The lowest BCUT2D eigenvalue weighted by Gasteiger charge is -2.32. The number of aliphatic hydroxyl groups excluding tert-OH is 1. The van der Waals surface area contributed by atoms with Gasteiger partial charge in [0.1, 0.15) is 0 Å². The maximum Gasteiger partial charge on any atom is 0.260 e. The van der Waals surface area contributed by atoms with E-state index in [1.165, 1.54) is 10.5 Å². The van der Waals surface area contributed by atoms with Crippen molar-refractivity contribution in [2.45, 2.75) is 50.3 Å². The van der Waals surface area contributed by atoms with E-state index >= 15 is 0 Å². The highest BCUT2D eigenvalue weighted by Gasteiger charge is 2.32. The Bertz CT molecular complexity index is 518. The molecule has 2 rings (SSSR count). The fourth-order valence-corrected chi connectivity index (χ4v) is 4.09. The number of nitrogens with one attached hydrogen (secondary N) is 1. The van der Waals surface area contributed by atoms with Crippen molar-refractivity contribution in [2.24, 2.45) is 5.92 Å². The van der Waals surface area contributed by atoms with Crippen molar-refractivity contribution in [1.29, 1.82) is 0 Å². The molecule has 1 aliphatic carbocycles. The molecule has 19 heavy (non-hydrogen) atoms. The maximum atomic E-state index is 12.5. The number of hydrogen-bond donors (Lipinski definition) is 2. The van der Waals surface area contributed by atoms with Crippen molar-refractivity contribution < 1.29 is 13.5 Å². The van der Waals surface area contributed by atoms with Crippen molar-refractivity contribution in [3.05, 3.63) is 11.8 Å². The average Bonchev–Trinajstić information content (AvgIpc) is 2.87. The molecule has 2 N–H and O–H groups in total. The summed E-state index contributed by atoms with van der Waals surface area (Å²) in [5.74, 6) is 0.674. The van der Waals surface area contributed by atoms with Crippen LogP contribution in [-0.4, -0.2) is 41.1 Å². The van der Waals surface area contributed by atoms with Crippen LogP contribution in [0.4, 0.5) is 0 Å². The molecule has 108 valence electrons. The van der Waals surface area contributed by atoms with Crippen LogP contribution in [0, 0.1) is 5.92 Å². The quantitative estimate of drug-likeness (QED) is 0.868. The summed E-state index contributed by atoms with van der Waals surface area (Å²) in [5, 5.41) is 15.4. The van der Waals surface area contributed by atoms with Crippen molar-refractivity contribution in [3.63, 3.8) is 0 Å². The molecule has 0 bridgehead atoms. The lowest BCUT2D eigenvalue weighted by atomic mass is 9.87. The van der Waals surface area contributed by atoms with E-state index in [-0.39, 0.29) is 17.7 Å². The highest BCUT2D eigenvalue weighted by Crippen LogP contribution is 2.29. The summed E-state index contributed by atoms with van der Waals surface area (Å²) in [6.07, 6.45) is 5.24. The van der Waals surface area contributed by atoms with Crippen molar-refractivity contribution >= 4 is 10.0 Å². The Labute approximate surface area is 113 Å². The van der Waals surface area contributed by atoms with Crippen LogP contribution in [0.25, 0.3) is 0 Å². The molecule has 1 aromatic rings. The first kappa shape index (κ1) is 14.5. The van der Waals surface area contributed by atoms with Crippen LogP contribution in [0.3, 0.4) is 0 Å². The third-order valence-electron chi connectivity index (χ3n) is 3.99. The van der Waals surface area contributed by atoms with Crippen LogP contribution in [0.5, 0.6) is 0 Å². The molecule has 0 aromatic carbocycles. The van der Waals surface area contributed by atoms with E-state index in [0.717, 1.165) is 25.7 Å². The monoisotopic (exact) mass is 287 g/mol. The molecule has 0 saturated heterocycles. The fraction of sp³-hybridized carbons (Fsp3) is 0.750. The minimum Gasteiger partial charge on any atom is -0.392 e. The van der Waals surface area contributed by atoms with Gasteiger partial charge in [0.25, 0.3) is 10.0 Å². The number of aromatic amines is 1. The fourth-order valence-electron chi connectivity index (χ4n) is 2.58. The summed E-state index contributed by atoms with van der Waals surface area (Å²) in [6.45, 7) is 1.87. The molecule has 1 aliphatic rings. The second-order valence-electron chi connectivity index (χ2n) is 5.32. The molecule has 1 aromatic heterocycles. The molecule has 0 radical (unpaired) electrons. The standard InChI is InChI=1S/C12H21N3O3S/c1-9-3-5-11(6-4-9)15(2)19(17,18)12-10(8-16)7-13-14-12/h7,9,11,16H,3-6,8H2,1-2H3,(H,13,14). The van der Waals surface area contributed by atoms with E-state index < -0.39 is 10.0 Å². The summed E-state index contributed by atoms with van der Waals surface area (Å²) in [5.41, 5.74) is 0.316. The number of nitrogens with zero attached hydrogens (tertiary/aromatic N) is 2. The van der Waals surface area contributed by atoms with Gasteiger partial charge in [-0.1, -0.05) is 6.92 Å². The Morgan fingerprint density at radius 2 is 2.05 bits per heavy atom. The van der Waals surface area contributed by atoms with Crippen LogP contribution in [0.1, 0.15) is 38.2 Å². The zero-order valence-corrected chi connectivity index (χ0v) is 12.2. The Morgan fingerprint density at radius 3 is 2.63 bits per heavy atom. The smallest absolute Gasteiger partial charge is 0.260 e. The van der Waals surface area contributed by atoms with Crippen LogP contribution in [-0.2, 0) is 16.6 Å². The van der Waals surface area contributed by atoms with Crippen LogP contribution >= 0.6 is 0 Å². The number of aromatic nitrogens is 2. The molecular formula is C12H21N3O3S. The Balaban J connectivity index is 2.20. The molecule has 6 nitrogen and oxygen atoms in total. The van der Waals surface area contributed by atoms with Gasteiger partial charge in [0.2, 0.25) is 0 Å². The van der Waals surface area contributed by atoms with Crippen LogP contribution in [0.2, 0.25) is 0 Å². The SMILES string of the molecule is CC1CCC(N(C)S(=O)(=O)c2[nH]ncc2CO)CC1. The predicted octanol–water partition coefficient (Wildman–Crippen LogP) is 1.10. The second-order valence-corrected chi connectivity index (χ2v) is 7.25. The summed E-state index contributed by atoms with van der Waals surface area (Å²) in [7, 11) is -1.99. The third-order valence-corrected chi connectivity index (χ3v) is 5.91. The van der Waals surface area contributed by atoms with E-state index in [0.29, 0.717) is 11.5 Å². The summed E-state index contributed by atoms with van der Waals surface area (Å²) < 4.78 is 26.4. The van der Waals surface area contributed by atoms with Crippen LogP contribution in [0.15, 0.2) is 11.2 Å². The van der Waals surface area contributed by atoms with Crippen molar-refractivity contribution in [2.75, 3.05) is 7.05 Å². The molecule has 7 heteroatoms. The molecule has 0 unspecified atom stereocenters. The van der Waals surface area contributed by atoms with Gasteiger partial charge in [0.05, 0.1) is 12.8 Å². The Morgan fingerprint density at radius 1 is 1.42 bits per heavy atom. The van der Waals surface area contributed by atoms with Gasteiger partial charge in [0, 0.05) is 18.7 Å². The molecule has 1 fully saturated rings. The van der Waals surface area contributed by atoms with Gasteiger partial charge in [-0.15, -0.1) is 0 Å². The first-order chi connectivity index (χ1) is 8.96. The molecule has 0 aliphatic heterocycles. The Kier molecular flexibility index (Phi) is 4.27. The van der Waals surface area contributed by atoms with E-state index in [1.54, 1.807) is 7.05 Å². The zero-order chi connectivity index (χ0) is 14.0. The highest BCUT2D eigenvalue weighted by molar-refractivity contribution is 7.89. The minimum atomic E-state index is -3.60. The van der Waals surface area contributed by atoms with Crippen LogP contribution < -0.4 is 0 Å². The number of rotatable bonds is 4. The maximum absolute atomic E-state index is 12.5. The molecular weight excluding hydrogens is 266 g/mol. The zero-order valence-electron chi connectivity index (χ0n) is 11.3. The van der Waals surface area contributed by atoms with Gasteiger partial charge in [-0.3, -0.25) is 5.10 Å². The van der Waals surface area contributed by atoms with Crippen molar-refractivity contribution in [1.82, 2.24) is 14.5 Å². The van der Waals surface area contributed by atoms with Gasteiger partial charge in [-0.25, -0.2) is 8.42 Å². The molecule has 1 heterocycles. The first-order valence-corrected chi connectivity index (χ1v) is 8.02. The van der Waals surface area contributed by atoms with E-state index in [9.17, 15) is 8.42 Å². The predicted molar refractivity (Wildman–Crippen MR) is 70.9 cm³/mol. The number of aliphatic hydroxyl groups is 1. The number of sulfonamides is 1. The summed E-state index contributed by atoms with van der Waals surface area (Å²) in [6, 6.07) is 0.0380. The highest BCUT2D eigenvalue weighted by atomic mass is 32.2. The largest absolute Gasteiger partial charge is 0.392 e. The molecule has 1 saturated carbocycles. The van der Waals surface area contributed by atoms with Gasteiger partial charge in [0.15, 0.2) is 5.03 Å².